The van der Waals surface area contributed by atoms with E-state index >= 15 is 0 Å². The number of hydrogen-bond acceptors (Lipinski definition) is 7. The normalized spacial score (nSPS) is 11.7. The maximum Gasteiger partial charge on any atom is 0.184 e. The van der Waals surface area contributed by atoms with Crippen molar-refractivity contribution in [3.05, 3.63) is 66.6 Å². The van der Waals surface area contributed by atoms with Crippen molar-refractivity contribution in [1.82, 2.24) is 20.2 Å². The monoisotopic (exact) mass is 476 g/mol. The lowest BCUT2D eigenvalue weighted by Gasteiger charge is -2.09. The highest BCUT2D eigenvalue weighted by Gasteiger charge is 2.17. The molecular weight excluding hydrogens is 456 g/mol. The number of sulfone groups is 1. The second-order valence-corrected chi connectivity index (χ2v) is 11.0. The quantitative estimate of drug-likeness (QED) is 0.377. The molecule has 0 fully saturated rings. The average molecular weight is 477 g/mol. The Hall–Kier alpha value is -3.56. The molecule has 0 atom stereocenters. The van der Waals surface area contributed by atoms with Crippen LogP contribution in [0.4, 0.5) is 0 Å². The van der Waals surface area contributed by atoms with Crippen molar-refractivity contribution < 1.29 is 13.2 Å². The number of ether oxygens (including phenoxy) is 1. The molecule has 0 aliphatic heterocycles. The van der Waals surface area contributed by atoms with Crippen LogP contribution in [0, 0.1) is 6.92 Å². The van der Waals surface area contributed by atoms with Crippen LogP contribution in [-0.2, 0) is 9.84 Å². The Kier molecular flexibility index (Phi) is 5.22. The van der Waals surface area contributed by atoms with E-state index in [-0.39, 0.29) is 0 Å². The highest BCUT2D eigenvalue weighted by atomic mass is 32.2. The summed E-state index contributed by atoms with van der Waals surface area (Å²) in [6.07, 6.45) is 4.51. The number of H-pyrrole nitrogens is 1. The number of aryl methyl sites for hydroxylation is 1. The maximum atomic E-state index is 11.9. The Balaban J connectivity index is 1.63. The third-order valence-corrected chi connectivity index (χ3v) is 8.36. The molecule has 0 radical (unpaired) electrons. The van der Waals surface area contributed by atoms with E-state index in [9.17, 15) is 8.42 Å². The second kappa shape index (κ2) is 8.09. The predicted octanol–water partition coefficient (Wildman–Crippen LogP) is 5.14. The first-order chi connectivity index (χ1) is 15.8. The molecule has 33 heavy (non-hydrogen) atoms. The molecule has 0 spiro atoms. The van der Waals surface area contributed by atoms with Crippen LogP contribution in [0.1, 0.15) is 5.56 Å². The number of nitrogens with zero attached hydrogens (tertiary/aromatic N) is 3. The van der Waals surface area contributed by atoms with Crippen molar-refractivity contribution >= 4 is 32.1 Å². The largest absolute Gasteiger partial charge is 0.496 e. The SMILES string of the molecule is COc1ccc(-c2[nH]ncc2-c2ccc3ncnc(-c4ccc(S(C)(=O)=O)s4)c3c2)cc1C. The van der Waals surface area contributed by atoms with E-state index in [2.05, 4.69) is 26.2 Å². The van der Waals surface area contributed by atoms with Gasteiger partial charge in [-0.2, -0.15) is 5.10 Å². The number of thiophene rings is 1. The smallest absolute Gasteiger partial charge is 0.184 e. The molecule has 2 aromatic carbocycles. The topological polar surface area (TPSA) is 97.8 Å². The van der Waals surface area contributed by atoms with E-state index in [0.717, 1.165) is 49.5 Å². The molecule has 166 valence electrons. The van der Waals surface area contributed by atoms with Crippen LogP contribution < -0.4 is 4.74 Å². The standard InChI is InChI=1S/C24H20N4O3S2/c1-14-10-16(5-7-20(14)31-2)23-18(12-27-28-23)15-4-6-19-17(11-15)24(26-13-25-19)21-8-9-22(32-21)33(3,29)30/h4-13H,1-3H3,(H,27,28). The molecule has 0 saturated heterocycles. The predicted molar refractivity (Wildman–Crippen MR) is 130 cm³/mol. The van der Waals surface area contributed by atoms with Gasteiger partial charge in [0.1, 0.15) is 16.3 Å². The van der Waals surface area contributed by atoms with Gasteiger partial charge in [-0.3, -0.25) is 5.10 Å². The van der Waals surface area contributed by atoms with Crippen LogP contribution >= 0.6 is 11.3 Å². The number of benzene rings is 2. The Morgan fingerprint density at radius 1 is 1.00 bits per heavy atom. The highest BCUT2D eigenvalue weighted by molar-refractivity contribution is 7.92. The molecule has 0 saturated carbocycles. The van der Waals surface area contributed by atoms with Gasteiger partial charge in [0.2, 0.25) is 0 Å². The third kappa shape index (κ3) is 3.90. The number of methoxy groups -OCH3 is 1. The molecule has 0 bridgehead atoms. The van der Waals surface area contributed by atoms with Gasteiger partial charge < -0.3 is 4.74 Å². The summed E-state index contributed by atoms with van der Waals surface area (Å²) < 4.78 is 29.6. The first-order valence-corrected chi connectivity index (χ1v) is 12.8. The Bertz CT molecular complexity index is 1600. The van der Waals surface area contributed by atoms with E-state index in [1.807, 2.05) is 37.3 Å². The third-order valence-electron chi connectivity index (χ3n) is 5.45. The first-order valence-electron chi connectivity index (χ1n) is 10.1. The van der Waals surface area contributed by atoms with E-state index in [1.165, 1.54) is 23.9 Å². The molecule has 7 nitrogen and oxygen atoms in total. The van der Waals surface area contributed by atoms with Crippen molar-refractivity contribution in [2.45, 2.75) is 11.1 Å². The van der Waals surface area contributed by atoms with Gasteiger partial charge in [0.15, 0.2) is 9.84 Å². The van der Waals surface area contributed by atoms with Gasteiger partial charge in [0, 0.05) is 22.8 Å². The molecule has 0 unspecified atom stereocenters. The van der Waals surface area contributed by atoms with Gasteiger partial charge in [0.25, 0.3) is 0 Å². The fraction of sp³-hybridized carbons (Fsp3) is 0.125. The summed E-state index contributed by atoms with van der Waals surface area (Å²) in [5.41, 5.74) is 6.31. The number of nitrogens with one attached hydrogen (secondary N) is 1. The molecule has 0 aliphatic rings. The van der Waals surface area contributed by atoms with Crippen LogP contribution in [0.2, 0.25) is 0 Å². The van der Waals surface area contributed by atoms with Crippen LogP contribution in [0.5, 0.6) is 5.75 Å². The van der Waals surface area contributed by atoms with E-state index in [4.69, 9.17) is 4.74 Å². The minimum Gasteiger partial charge on any atom is -0.496 e. The summed E-state index contributed by atoms with van der Waals surface area (Å²) in [7, 11) is -1.62. The molecular formula is C24H20N4O3S2. The lowest BCUT2D eigenvalue weighted by Crippen LogP contribution is -1.92. The summed E-state index contributed by atoms with van der Waals surface area (Å²) in [4.78, 5) is 9.64. The molecule has 9 heteroatoms. The zero-order valence-electron chi connectivity index (χ0n) is 18.2. The Morgan fingerprint density at radius 3 is 2.55 bits per heavy atom. The minimum absolute atomic E-state index is 0.312. The van der Waals surface area contributed by atoms with Crippen molar-refractivity contribution in [3.8, 4) is 38.7 Å². The highest BCUT2D eigenvalue weighted by Crippen LogP contribution is 2.37. The molecule has 3 heterocycles. The zero-order valence-corrected chi connectivity index (χ0v) is 19.8. The fourth-order valence-electron chi connectivity index (χ4n) is 3.83. The van der Waals surface area contributed by atoms with Crippen molar-refractivity contribution in [2.24, 2.45) is 0 Å². The van der Waals surface area contributed by atoms with Crippen LogP contribution in [0.25, 0.3) is 43.9 Å². The molecule has 0 amide bonds. The lowest BCUT2D eigenvalue weighted by atomic mass is 9.98. The Labute approximate surface area is 195 Å². The zero-order chi connectivity index (χ0) is 23.2. The number of fused-ring (bicyclic) bond motifs is 1. The summed E-state index contributed by atoms with van der Waals surface area (Å²) in [6.45, 7) is 2.00. The van der Waals surface area contributed by atoms with E-state index in [1.54, 1.807) is 25.4 Å². The van der Waals surface area contributed by atoms with E-state index < -0.39 is 9.84 Å². The van der Waals surface area contributed by atoms with Gasteiger partial charge in [-0.15, -0.1) is 11.3 Å². The fourth-order valence-corrected chi connectivity index (χ4v) is 5.76. The summed E-state index contributed by atoms with van der Waals surface area (Å²) in [5, 5.41) is 8.24. The van der Waals surface area contributed by atoms with Gasteiger partial charge in [-0.25, -0.2) is 18.4 Å². The summed E-state index contributed by atoms with van der Waals surface area (Å²) >= 11 is 1.21. The summed E-state index contributed by atoms with van der Waals surface area (Å²) in [5.74, 6) is 0.830. The second-order valence-electron chi connectivity index (χ2n) is 7.69. The molecule has 5 aromatic rings. The number of aromatic nitrogens is 4. The van der Waals surface area contributed by atoms with Crippen molar-refractivity contribution in [2.75, 3.05) is 13.4 Å². The van der Waals surface area contributed by atoms with Crippen LogP contribution in [0.3, 0.4) is 0 Å². The van der Waals surface area contributed by atoms with Crippen LogP contribution in [0.15, 0.2) is 65.3 Å². The number of rotatable bonds is 5. The van der Waals surface area contributed by atoms with E-state index in [0.29, 0.717) is 9.90 Å². The maximum absolute atomic E-state index is 11.9. The average Bonchev–Trinajstić information content (AvgIpc) is 3.48. The number of hydrogen-bond donors (Lipinski definition) is 1. The Morgan fingerprint density at radius 2 is 1.82 bits per heavy atom. The van der Waals surface area contributed by atoms with Crippen molar-refractivity contribution in [1.29, 1.82) is 0 Å². The lowest BCUT2D eigenvalue weighted by molar-refractivity contribution is 0.412. The number of aromatic amines is 1. The molecule has 1 N–H and O–H groups in total. The molecule has 0 aliphatic carbocycles. The molecule has 5 rings (SSSR count). The van der Waals surface area contributed by atoms with Crippen LogP contribution in [-0.4, -0.2) is 41.9 Å². The van der Waals surface area contributed by atoms with Crippen molar-refractivity contribution in [3.63, 3.8) is 0 Å². The van der Waals surface area contributed by atoms with Gasteiger partial charge >= 0.3 is 0 Å². The molecule has 3 aromatic heterocycles. The van der Waals surface area contributed by atoms with Gasteiger partial charge in [-0.1, -0.05) is 6.07 Å². The first kappa shape index (κ1) is 21.3. The summed E-state index contributed by atoms with van der Waals surface area (Å²) in [6, 6.07) is 15.4. The van der Waals surface area contributed by atoms with Gasteiger partial charge in [-0.05, 0) is 60.5 Å². The van der Waals surface area contributed by atoms with Gasteiger partial charge in [0.05, 0.1) is 35.1 Å². The minimum atomic E-state index is -3.28.